The lowest BCUT2D eigenvalue weighted by Gasteiger charge is -2.22. The number of hydrogen-bond acceptors (Lipinski definition) is 6. The van der Waals surface area contributed by atoms with Crippen LogP contribution >= 0.6 is 0 Å². The van der Waals surface area contributed by atoms with Gasteiger partial charge in [0.15, 0.2) is 5.25 Å². The monoisotopic (exact) mass is 388 g/mol. The zero-order chi connectivity index (χ0) is 17.2. The van der Waals surface area contributed by atoms with Crippen molar-refractivity contribution in [3.8, 4) is 0 Å². The third-order valence-electron chi connectivity index (χ3n) is 4.34. The fourth-order valence-electron chi connectivity index (χ4n) is 2.84. The highest BCUT2D eigenvalue weighted by Crippen LogP contribution is 2.25. The fourth-order valence-corrected chi connectivity index (χ4v) is 5.55. The minimum atomic E-state index is -0.942. The third-order valence-corrected chi connectivity index (χ3v) is 7.17. The first-order valence-electron chi connectivity index (χ1n) is 8.58. The maximum absolute atomic E-state index is 10.3. The van der Waals surface area contributed by atoms with Gasteiger partial charge in [0.25, 0.3) is 0 Å². The van der Waals surface area contributed by atoms with Crippen molar-refractivity contribution >= 4 is 10.9 Å². The van der Waals surface area contributed by atoms with Gasteiger partial charge in [-0.25, -0.2) is 0 Å². The summed E-state index contributed by atoms with van der Waals surface area (Å²) >= 11 is 0. The maximum atomic E-state index is 10.3. The number of ether oxygens (including phenoxy) is 1. The van der Waals surface area contributed by atoms with Crippen LogP contribution in [0.15, 0.2) is 0 Å². The first kappa shape index (κ1) is 24.4. The molecule has 8 heteroatoms. The zero-order valence-corrected chi connectivity index (χ0v) is 16.0. The predicted molar refractivity (Wildman–Crippen MR) is 91.6 cm³/mol. The van der Waals surface area contributed by atoms with Gasteiger partial charge in [0.05, 0.1) is 13.2 Å². The van der Waals surface area contributed by atoms with E-state index in [1.54, 1.807) is 0 Å². The van der Waals surface area contributed by atoms with Crippen molar-refractivity contribution in [2.24, 2.45) is 0 Å². The Morgan fingerprint density at radius 2 is 1.79 bits per heavy atom. The molecule has 0 aromatic rings. The Balaban J connectivity index is 0.00000529. The number of aliphatic hydroxyl groups is 5. The van der Waals surface area contributed by atoms with Gasteiger partial charge in [0.2, 0.25) is 0 Å². The highest BCUT2D eigenvalue weighted by atomic mass is 35.5. The standard InChI is InChI=1S/C16H33O6S.ClH/c1-2-3-4-5-6-7-22-14(8-17)12(19)10-23-11-13(20)16(21)15(23)9-18;/h12-21H,2-11H2,1H3;1H/q+1;/p-1/t12-,13-,14+,15-,16+,23?;/m1./s1. The molecule has 6 nitrogen and oxygen atoms in total. The molecular formula is C16H33ClO6S. The van der Waals surface area contributed by atoms with Crippen LogP contribution in [-0.4, -0.2) is 86.5 Å². The molecule has 1 unspecified atom stereocenters. The number of halogens is 1. The van der Waals surface area contributed by atoms with E-state index in [2.05, 4.69) is 6.92 Å². The van der Waals surface area contributed by atoms with Crippen molar-refractivity contribution in [3.05, 3.63) is 0 Å². The highest BCUT2D eigenvalue weighted by molar-refractivity contribution is 7.97. The van der Waals surface area contributed by atoms with Crippen LogP contribution in [0, 0.1) is 0 Å². The lowest BCUT2D eigenvalue weighted by molar-refractivity contribution is -0.0555. The molecule has 1 rings (SSSR count). The molecule has 6 atom stereocenters. The summed E-state index contributed by atoms with van der Waals surface area (Å²) in [5.41, 5.74) is 0. The molecule has 1 aliphatic heterocycles. The Morgan fingerprint density at radius 3 is 2.38 bits per heavy atom. The number of hydrogen-bond donors (Lipinski definition) is 5. The van der Waals surface area contributed by atoms with E-state index in [1.807, 2.05) is 0 Å². The Bertz CT molecular complexity index is 312. The summed E-state index contributed by atoms with van der Waals surface area (Å²) < 4.78 is 5.58. The smallest absolute Gasteiger partial charge is 0.169 e. The molecule has 1 fully saturated rings. The molecule has 0 aliphatic carbocycles. The predicted octanol–water partition coefficient (Wildman–Crippen LogP) is -3.59. The molecule has 0 amide bonds. The fraction of sp³-hybridized carbons (Fsp3) is 1.00. The van der Waals surface area contributed by atoms with Gasteiger partial charge in [-0.1, -0.05) is 32.6 Å². The average Bonchev–Trinajstić information content (AvgIpc) is 2.80. The Morgan fingerprint density at radius 1 is 1.12 bits per heavy atom. The quantitative estimate of drug-likeness (QED) is 0.175. The number of unbranched alkanes of at least 4 members (excludes halogenated alkanes) is 4. The SMILES string of the molecule is CCCCCCCO[C@@H](CO)[C@H](O)C[S+]1C[C@@H](O)[C@H](O)[C@H]1CO.[Cl-]. The minimum absolute atomic E-state index is 0. The summed E-state index contributed by atoms with van der Waals surface area (Å²) in [7, 11) is -0.480. The molecule has 5 N–H and O–H groups in total. The van der Waals surface area contributed by atoms with Crippen molar-refractivity contribution in [2.45, 2.75) is 68.7 Å². The molecule has 0 spiro atoms. The molecule has 0 aromatic heterocycles. The summed E-state index contributed by atoms with van der Waals surface area (Å²) in [5, 5.41) is 48.1. The van der Waals surface area contributed by atoms with Crippen LogP contribution in [0.4, 0.5) is 0 Å². The van der Waals surface area contributed by atoms with Gasteiger partial charge in [0, 0.05) is 17.5 Å². The van der Waals surface area contributed by atoms with E-state index in [1.165, 1.54) is 19.3 Å². The van der Waals surface area contributed by atoms with Gasteiger partial charge < -0.3 is 42.7 Å². The van der Waals surface area contributed by atoms with E-state index >= 15 is 0 Å². The molecular weight excluding hydrogens is 356 g/mol. The second-order valence-corrected chi connectivity index (χ2v) is 8.57. The van der Waals surface area contributed by atoms with E-state index in [-0.39, 0.29) is 25.6 Å². The van der Waals surface area contributed by atoms with Gasteiger partial charge in [-0.3, -0.25) is 0 Å². The first-order valence-corrected chi connectivity index (χ1v) is 10.2. The van der Waals surface area contributed by atoms with Crippen LogP contribution in [0.5, 0.6) is 0 Å². The minimum Gasteiger partial charge on any atom is -1.00 e. The third kappa shape index (κ3) is 7.74. The molecule has 1 heterocycles. The molecule has 1 aliphatic rings. The van der Waals surface area contributed by atoms with Gasteiger partial charge in [-0.2, -0.15) is 0 Å². The van der Waals surface area contributed by atoms with Gasteiger partial charge >= 0.3 is 0 Å². The molecule has 0 radical (unpaired) electrons. The summed E-state index contributed by atoms with van der Waals surface area (Å²) in [6.45, 7) is 2.19. The van der Waals surface area contributed by atoms with Crippen LogP contribution < -0.4 is 12.4 Å². The zero-order valence-electron chi connectivity index (χ0n) is 14.4. The normalized spacial score (nSPS) is 29.2. The van der Waals surface area contributed by atoms with Crippen molar-refractivity contribution in [1.29, 1.82) is 0 Å². The Kier molecular flexibility index (Phi) is 13.8. The van der Waals surface area contributed by atoms with Crippen LogP contribution in [-0.2, 0) is 15.6 Å². The number of rotatable bonds is 12. The Labute approximate surface area is 154 Å². The van der Waals surface area contributed by atoms with E-state index in [9.17, 15) is 25.5 Å². The average molecular weight is 389 g/mol. The summed E-state index contributed by atoms with van der Waals surface area (Å²) in [6.07, 6.45) is 2.25. The van der Waals surface area contributed by atoms with E-state index < -0.39 is 40.6 Å². The highest BCUT2D eigenvalue weighted by Gasteiger charge is 2.50. The maximum Gasteiger partial charge on any atom is 0.169 e. The van der Waals surface area contributed by atoms with E-state index in [0.29, 0.717) is 18.1 Å². The lowest BCUT2D eigenvalue weighted by atomic mass is 10.1. The van der Waals surface area contributed by atoms with Gasteiger partial charge in [-0.15, -0.1) is 0 Å². The van der Waals surface area contributed by atoms with Crippen molar-refractivity contribution in [2.75, 3.05) is 31.3 Å². The van der Waals surface area contributed by atoms with E-state index in [4.69, 9.17) is 4.74 Å². The molecule has 1 saturated heterocycles. The van der Waals surface area contributed by atoms with Crippen molar-refractivity contribution in [3.63, 3.8) is 0 Å². The van der Waals surface area contributed by atoms with E-state index in [0.717, 1.165) is 12.8 Å². The van der Waals surface area contributed by atoms with Gasteiger partial charge in [-0.05, 0) is 6.42 Å². The number of aliphatic hydroxyl groups excluding tert-OH is 5. The van der Waals surface area contributed by atoms with Crippen LogP contribution in [0.1, 0.15) is 39.0 Å². The molecule has 0 bridgehead atoms. The van der Waals surface area contributed by atoms with Crippen molar-refractivity contribution in [1.82, 2.24) is 0 Å². The van der Waals surface area contributed by atoms with Crippen molar-refractivity contribution < 1.29 is 42.7 Å². The molecule has 0 aromatic carbocycles. The molecule has 146 valence electrons. The first-order chi connectivity index (χ1) is 11.0. The van der Waals surface area contributed by atoms with Crippen LogP contribution in [0.2, 0.25) is 0 Å². The summed E-state index contributed by atoms with van der Waals surface area (Å²) in [5.74, 6) is 0.693. The Hall–Kier alpha value is 0.400. The van der Waals surface area contributed by atoms with Crippen LogP contribution in [0.3, 0.4) is 0 Å². The lowest BCUT2D eigenvalue weighted by Crippen LogP contribution is -3.00. The largest absolute Gasteiger partial charge is 1.00 e. The topological polar surface area (TPSA) is 110 Å². The second kappa shape index (κ2) is 13.6. The van der Waals surface area contributed by atoms with Crippen LogP contribution in [0.25, 0.3) is 0 Å². The second-order valence-electron chi connectivity index (χ2n) is 6.22. The van der Waals surface area contributed by atoms with Gasteiger partial charge in [0.1, 0.15) is 35.9 Å². The summed E-state index contributed by atoms with van der Waals surface area (Å²) in [4.78, 5) is 0. The summed E-state index contributed by atoms with van der Waals surface area (Å²) in [6, 6.07) is 0. The molecule has 0 saturated carbocycles. The molecule has 24 heavy (non-hydrogen) atoms.